The van der Waals surface area contributed by atoms with Crippen LogP contribution < -0.4 is 5.32 Å². The molecule has 0 atom stereocenters. The number of aryl methyl sites for hydroxylation is 1. The van der Waals surface area contributed by atoms with Crippen molar-refractivity contribution >= 4 is 55.7 Å². The highest BCUT2D eigenvalue weighted by atomic mass is 79.9. The number of aromatic nitrogens is 1. The van der Waals surface area contributed by atoms with Crippen LogP contribution in [0.1, 0.15) is 15.2 Å². The van der Waals surface area contributed by atoms with E-state index in [0.717, 1.165) is 27.1 Å². The van der Waals surface area contributed by atoms with Crippen LogP contribution in [0.3, 0.4) is 0 Å². The lowest BCUT2D eigenvalue weighted by Gasteiger charge is -2.07. The normalized spacial score (nSPS) is 10.3. The zero-order chi connectivity index (χ0) is 14.0. The van der Waals surface area contributed by atoms with Crippen molar-refractivity contribution in [3.8, 4) is 0 Å². The highest BCUT2D eigenvalue weighted by Crippen LogP contribution is 2.33. The summed E-state index contributed by atoms with van der Waals surface area (Å²) in [5, 5.41) is 3.80. The Hall–Kier alpha value is -1.11. The molecule has 1 aromatic heterocycles. The van der Waals surface area contributed by atoms with E-state index in [-0.39, 0.29) is 10.0 Å². The van der Waals surface area contributed by atoms with E-state index in [4.69, 9.17) is 11.6 Å². The van der Waals surface area contributed by atoms with Crippen molar-refractivity contribution in [1.29, 1.82) is 0 Å². The standard InChI is InChI=1S/C12H10BrClN2O2S/c1-6-4-3-5-7(8(6)13)15-12-16-10(14)9(19-12)11(17)18-2/h3-5H,1-2H3,(H,15,16). The molecule has 0 bridgehead atoms. The fourth-order valence-corrected chi connectivity index (χ4v) is 2.91. The maximum atomic E-state index is 11.4. The number of halogens is 2. The molecule has 1 heterocycles. The van der Waals surface area contributed by atoms with Gasteiger partial charge in [0.15, 0.2) is 15.2 Å². The summed E-state index contributed by atoms with van der Waals surface area (Å²) in [7, 11) is 1.31. The summed E-state index contributed by atoms with van der Waals surface area (Å²) in [6.45, 7) is 1.99. The molecule has 0 aliphatic heterocycles. The fraction of sp³-hybridized carbons (Fsp3) is 0.167. The average Bonchev–Trinajstić information content (AvgIpc) is 2.75. The van der Waals surface area contributed by atoms with Gasteiger partial charge < -0.3 is 10.1 Å². The van der Waals surface area contributed by atoms with Gasteiger partial charge in [-0.15, -0.1) is 0 Å². The molecule has 0 unspecified atom stereocenters. The molecule has 0 spiro atoms. The molecule has 1 N–H and O–H groups in total. The lowest BCUT2D eigenvalue weighted by Crippen LogP contribution is -1.98. The van der Waals surface area contributed by atoms with Gasteiger partial charge in [0.1, 0.15) is 0 Å². The smallest absolute Gasteiger partial charge is 0.351 e. The van der Waals surface area contributed by atoms with E-state index in [1.54, 1.807) is 0 Å². The molecule has 0 fully saturated rings. The molecule has 2 aromatic rings. The van der Waals surface area contributed by atoms with Gasteiger partial charge in [0, 0.05) is 4.47 Å². The first kappa shape index (κ1) is 14.3. The first-order valence-electron chi connectivity index (χ1n) is 5.29. The number of hydrogen-bond donors (Lipinski definition) is 1. The Morgan fingerprint density at radius 3 is 2.95 bits per heavy atom. The summed E-state index contributed by atoms with van der Waals surface area (Å²) in [4.78, 5) is 15.8. The van der Waals surface area contributed by atoms with Gasteiger partial charge in [-0.3, -0.25) is 0 Å². The zero-order valence-corrected chi connectivity index (χ0v) is 13.3. The Bertz CT molecular complexity index is 630. The molecular formula is C12H10BrClN2O2S. The third-order valence-corrected chi connectivity index (χ3v) is 4.78. The summed E-state index contributed by atoms with van der Waals surface area (Å²) < 4.78 is 5.58. The number of ether oxygens (including phenoxy) is 1. The van der Waals surface area contributed by atoms with Crippen molar-refractivity contribution in [3.05, 3.63) is 38.3 Å². The predicted octanol–water partition coefficient (Wildman–Crippen LogP) is 4.40. The van der Waals surface area contributed by atoms with Gasteiger partial charge in [0.25, 0.3) is 0 Å². The number of benzene rings is 1. The molecule has 4 nitrogen and oxygen atoms in total. The molecular weight excluding hydrogens is 352 g/mol. The maximum absolute atomic E-state index is 11.4. The molecule has 0 radical (unpaired) electrons. The van der Waals surface area contributed by atoms with Crippen molar-refractivity contribution in [2.45, 2.75) is 6.92 Å². The third-order valence-electron chi connectivity index (χ3n) is 2.39. The van der Waals surface area contributed by atoms with E-state index in [1.165, 1.54) is 7.11 Å². The van der Waals surface area contributed by atoms with E-state index >= 15 is 0 Å². The fourth-order valence-electron chi connectivity index (χ4n) is 1.43. The Balaban J connectivity index is 2.29. The lowest BCUT2D eigenvalue weighted by molar-refractivity contribution is 0.0606. The first-order chi connectivity index (χ1) is 9.02. The van der Waals surface area contributed by atoms with Crippen LogP contribution in [0.25, 0.3) is 0 Å². The second-order valence-electron chi connectivity index (χ2n) is 3.69. The molecule has 100 valence electrons. The molecule has 0 saturated heterocycles. The highest BCUT2D eigenvalue weighted by Gasteiger charge is 2.17. The Morgan fingerprint density at radius 2 is 2.26 bits per heavy atom. The number of carbonyl (C=O) groups is 1. The second kappa shape index (κ2) is 5.90. The number of esters is 1. The Kier molecular flexibility index (Phi) is 4.44. The number of hydrogen-bond acceptors (Lipinski definition) is 5. The van der Waals surface area contributed by atoms with Crippen LogP contribution in [-0.2, 0) is 4.74 Å². The predicted molar refractivity (Wildman–Crippen MR) is 80.6 cm³/mol. The maximum Gasteiger partial charge on any atom is 0.351 e. The van der Waals surface area contributed by atoms with Gasteiger partial charge in [0.2, 0.25) is 0 Å². The third kappa shape index (κ3) is 3.08. The van der Waals surface area contributed by atoms with Crippen molar-refractivity contribution in [1.82, 2.24) is 4.98 Å². The largest absolute Gasteiger partial charge is 0.465 e. The minimum Gasteiger partial charge on any atom is -0.465 e. The first-order valence-corrected chi connectivity index (χ1v) is 7.28. The average molecular weight is 362 g/mol. The highest BCUT2D eigenvalue weighted by molar-refractivity contribution is 9.10. The SMILES string of the molecule is COC(=O)c1sc(Nc2cccc(C)c2Br)nc1Cl. The van der Waals surface area contributed by atoms with Gasteiger partial charge in [-0.2, -0.15) is 0 Å². The number of nitrogens with zero attached hydrogens (tertiary/aromatic N) is 1. The van der Waals surface area contributed by atoms with E-state index in [1.807, 2.05) is 25.1 Å². The van der Waals surface area contributed by atoms with Crippen molar-refractivity contribution in [2.75, 3.05) is 12.4 Å². The second-order valence-corrected chi connectivity index (χ2v) is 5.84. The van der Waals surface area contributed by atoms with Gasteiger partial charge in [-0.1, -0.05) is 35.1 Å². The number of anilines is 2. The molecule has 0 aliphatic carbocycles. The summed E-state index contributed by atoms with van der Waals surface area (Å²) >= 11 is 10.5. The van der Waals surface area contributed by atoms with Crippen LogP contribution in [0.2, 0.25) is 5.15 Å². The van der Waals surface area contributed by atoms with Gasteiger partial charge in [-0.25, -0.2) is 9.78 Å². The Labute approximate surface area is 127 Å². The van der Waals surface area contributed by atoms with Crippen LogP contribution in [-0.4, -0.2) is 18.1 Å². The van der Waals surface area contributed by atoms with Crippen LogP contribution in [0.4, 0.5) is 10.8 Å². The monoisotopic (exact) mass is 360 g/mol. The van der Waals surface area contributed by atoms with Crippen LogP contribution in [0.5, 0.6) is 0 Å². The zero-order valence-electron chi connectivity index (χ0n) is 10.2. The van der Waals surface area contributed by atoms with Crippen LogP contribution in [0.15, 0.2) is 22.7 Å². The number of thiazole rings is 1. The Morgan fingerprint density at radius 1 is 1.53 bits per heavy atom. The minimum atomic E-state index is -0.487. The van der Waals surface area contributed by atoms with E-state index in [0.29, 0.717) is 5.13 Å². The molecule has 0 amide bonds. The number of nitrogens with one attached hydrogen (secondary N) is 1. The van der Waals surface area contributed by atoms with E-state index in [2.05, 4.69) is 31.0 Å². The van der Waals surface area contributed by atoms with E-state index in [9.17, 15) is 4.79 Å². The molecule has 19 heavy (non-hydrogen) atoms. The summed E-state index contributed by atoms with van der Waals surface area (Å²) in [5.41, 5.74) is 1.96. The molecule has 1 aromatic carbocycles. The molecule has 0 aliphatic rings. The van der Waals surface area contributed by atoms with Gasteiger partial charge in [0.05, 0.1) is 12.8 Å². The van der Waals surface area contributed by atoms with Crippen molar-refractivity contribution in [3.63, 3.8) is 0 Å². The molecule has 0 saturated carbocycles. The number of rotatable bonds is 3. The quantitative estimate of drug-likeness (QED) is 0.823. The lowest BCUT2D eigenvalue weighted by atomic mass is 10.2. The summed E-state index contributed by atoms with van der Waals surface area (Å²) in [5.74, 6) is -0.487. The number of methoxy groups -OCH3 is 1. The van der Waals surface area contributed by atoms with E-state index < -0.39 is 5.97 Å². The van der Waals surface area contributed by atoms with Gasteiger partial charge in [-0.05, 0) is 34.5 Å². The van der Waals surface area contributed by atoms with Crippen LogP contribution in [0, 0.1) is 6.92 Å². The van der Waals surface area contributed by atoms with Gasteiger partial charge >= 0.3 is 5.97 Å². The summed E-state index contributed by atoms with van der Waals surface area (Å²) in [6.07, 6.45) is 0. The summed E-state index contributed by atoms with van der Waals surface area (Å²) in [6, 6.07) is 5.83. The van der Waals surface area contributed by atoms with Crippen LogP contribution >= 0.6 is 38.9 Å². The van der Waals surface area contributed by atoms with Crippen molar-refractivity contribution in [2.24, 2.45) is 0 Å². The molecule has 2 rings (SSSR count). The minimum absolute atomic E-state index is 0.142. The van der Waals surface area contributed by atoms with Crippen molar-refractivity contribution < 1.29 is 9.53 Å². The topological polar surface area (TPSA) is 51.2 Å². The molecule has 7 heteroatoms. The number of carbonyl (C=O) groups excluding carboxylic acids is 1.